The molecule has 0 atom stereocenters. The van der Waals surface area contributed by atoms with Crippen molar-refractivity contribution in [1.29, 1.82) is 0 Å². The van der Waals surface area contributed by atoms with Gasteiger partial charge in [-0.15, -0.1) is 0 Å². The van der Waals surface area contributed by atoms with E-state index in [0.717, 1.165) is 0 Å². The molecule has 1 aromatic rings. The van der Waals surface area contributed by atoms with Crippen molar-refractivity contribution in [2.24, 2.45) is 0 Å². The third kappa shape index (κ3) is 5.25. The lowest BCUT2D eigenvalue weighted by atomic mass is 10.1. The molecule has 0 bridgehead atoms. The number of nitrogens with one attached hydrogen (secondary N) is 1. The van der Waals surface area contributed by atoms with Gasteiger partial charge in [0.15, 0.2) is 0 Å². The van der Waals surface area contributed by atoms with E-state index in [1.165, 1.54) is 4.90 Å². The van der Waals surface area contributed by atoms with Crippen LogP contribution in [0, 0.1) is 0 Å². The number of carboxylic acid groups (broad SMARTS) is 1. The van der Waals surface area contributed by atoms with Gasteiger partial charge >= 0.3 is 12.0 Å². The fraction of sp³-hybridized carbons (Fsp3) is 0.385. The molecular weight excluding hydrogens is 264 g/mol. The quantitative estimate of drug-likeness (QED) is 0.568. The van der Waals surface area contributed by atoms with Crippen LogP contribution in [-0.2, 0) is 11.2 Å². The minimum absolute atomic E-state index is 0.0740. The summed E-state index contributed by atoms with van der Waals surface area (Å²) in [5.41, 5.74) is 1.16. The number of aliphatic hydroxyl groups is 2. The summed E-state index contributed by atoms with van der Waals surface area (Å²) >= 11 is 0. The molecule has 0 heterocycles. The average Bonchev–Trinajstić information content (AvgIpc) is 2.40. The van der Waals surface area contributed by atoms with Crippen molar-refractivity contribution in [3.63, 3.8) is 0 Å². The third-order valence-corrected chi connectivity index (χ3v) is 2.59. The zero-order valence-corrected chi connectivity index (χ0v) is 11.0. The van der Waals surface area contributed by atoms with Crippen LogP contribution >= 0.6 is 0 Å². The normalized spacial score (nSPS) is 10.1. The lowest BCUT2D eigenvalue weighted by Gasteiger charge is -2.21. The van der Waals surface area contributed by atoms with Crippen molar-refractivity contribution in [2.45, 2.75) is 6.42 Å². The van der Waals surface area contributed by atoms with Gasteiger partial charge in [0.2, 0.25) is 0 Å². The Morgan fingerprint density at radius 1 is 1.05 bits per heavy atom. The van der Waals surface area contributed by atoms with E-state index < -0.39 is 12.0 Å². The lowest BCUT2D eigenvalue weighted by molar-refractivity contribution is -0.136. The van der Waals surface area contributed by atoms with Gasteiger partial charge in [-0.05, 0) is 17.7 Å². The molecule has 110 valence electrons. The monoisotopic (exact) mass is 282 g/mol. The molecule has 0 saturated carbocycles. The Labute approximate surface area is 116 Å². The Balaban J connectivity index is 2.62. The number of anilines is 1. The number of urea groups is 1. The summed E-state index contributed by atoms with van der Waals surface area (Å²) in [5.74, 6) is -0.918. The number of carbonyl (C=O) groups excluding carboxylic acids is 1. The maximum Gasteiger partial charge on any atom is 0.321 e. The highest BCUT2D eigenvalue weighted by Gasteiger charge is 2.12. The molecule has 0 aliphatic heterocycles. The van der Waals surface area contributed by atoms with E-state index in [1.54, 1.807) is 24.3 Å². The SMILES string of the molecule is O=C(O)Cc1ccc(NC(=O)N(CCO)CCO)cc1. The Hall–Kier alpha value is -2.12. The van der Waals surface area contributed by atoms with Gasteiger partial charge in [0.1, 0.15) is 0 Å². The predicted molar refractivity (Wildman–Crippen MR) is 72.5 cm³/mol. The highest BCUT2D eigenvalue weighted by Crippen LogP contribution is 2.11. The number of aliphatic hydroxyl groups excluding tert-OH is 2. The molecule has 0 spiro atoms. The van der Waals surface area contributed by atoms with Gasteiger partial charge in [-0.2, -0.15) is 0 Å². The number of aliphatic carboxylic acids is 1. The van der Waals surface area contributed by atoms with Crippen LogP contribution in [0.2, 0.25) is 0 Å². The first kappa shape index (κ1) is 15.9. The first-order chi connectivity index (χ1) is 9.56. The van der Waals surface area contributed by atoms with E-state index in [1.807, 2.05) is 0 Å². The van der Waals surface area contributed by atoms with Crippen molar-refractivity contribution in [2.75, 3.05) is 31.6 Å². The maximum atomic E-state index is 11.9. The van der Waals surface area contributed by atoms with Crippen LogP contribution in [0.15, 0.2) is 24.3 Å². The minimum Gasteiger partial charge on any atom is -0.481 e. The fourth-order valence-electron chi connectivity index (χ4n) is 1.64. The highest BCUT2D eigenvalue weighted by atomic mass is 16.4. The highest BCUT2D eigenvalue weighted by molar-refractivity contribution is 5.89. The number of hydrogen-bond acceptors (Lipinski definition) is 4. The van der Waals surface area contributed by atoms with E-state index in [4.69, 9.17) is 15.3 Å². The van der Waals surface area contributed by atoms with Crippen molar-refractivity contribution in [3.8, 4) is 0 Å². The molecule has 0 aliphatic rings. The van der Waals surface area contributed by atoms with E-state index in [2.05, 4.69) is 5.32 Å². The number of hydrogen-bond donors (Lipinski definition) is 4. The largest absolute Gasteiger partial charge is 0.481 e. The molecule has 0 unspecified atom stereocenters. The van der Waals surface area contributed by atoms with Crippen LogP contribution < -0.4 is 5.32 Å². The standard InChI is InChI=1S/C13H18N2O5/c16-7-5-15(6-8-17)13(20)14-11-3-1-10(2-4-11)9-12(18)19/h1-4,16-17H,5-9H2,(H,14,20)(H,18,19). The van der Waals surface area contributed by atoms with Gasteiger partial charge in [0.05, 0.1) is 19.6 Å². The summed E-state index contributed by atoms with van der Waals surface area (Å²) in [6.45, 7) is -0.122. The summed E-state index contributed by atoms with van der Waals surface area (Å²) in [4.78, 5) is 23.7. The second-order valence-electron chi connectivity index (χ2n) is 4.13. The molecule has 2 amide bonds. The smallest absolute Gasteiger partial charge is 0.321 e. The minimum atomic E-state index is -0.918. The van der Waals surface area contributed by atoms with Crippen LogP contribution in [-0.4, -0.2) is 58.5 Å². The zero-order chi connectivity index (χ0) is 15.0. The van der Waals surface area contributed by atoms with Crippen LogP contribution in [0.25, 0.3) is 0 Å². The Kier molecular flexibility index (Phi) is 6.48. The second kappa shape index (κ2) is 8.13. The molecule has 0 radical (unpaired) electrons. The summed E-state index contributed by atoms with van der Waals surface area (Å²) in [5, 5.41) is 28.9. The molecule has 0 aliphatic carbocycles. The van der Waals surface area contributed by atoms with Gasteiger partial charge in [-0.25, -0.2) is 4.79 Å². The zero-order valence-electron chi connectivity index (χ0n) is 11.0. The van der Waals surface area contributed by atoms with Gasteiger partial charge < -0.3 is 25.5 Å². The van der Waals surface area contributed by atoms with Crippen LogP contribution in [0.4, 0.5) is 10.5 Å². The summed E-state index contributed by atoms with van der Waals surface area (Å²) < 4.78 is 0. The molecule has 20 heavy (non-hydrogen) atoms. The van der Waals surface area contributed by atoms with Gasteiger partial charge in [-0.1, -0.05) is 12.1 Å². The molecule has 1 rings (SSSR count). The summed E-state index contributed by atoms with van der Waals surface area (Å²) in [6, 6.07) is 6.01. The first-order valence-electron chi connectivity index (χ1n) is 6.15. The average molecular weight is 282 g/mol. The number of rotatable bonds is 7. The van der Waals surface area contributed by atoms with Gasteiger partial charge in [-0.3, -0.25) is 4.79 Å². The van der Waals surface area contributed by atoms with E-state index in [0.29, 0.717) is 11.3 Å². The molecule has 7 nitrogen and oxygen atoms in total. The molecule has 0 saturated heterocycles. The second-order valence-corrected chi connectivity index (χ2v) is 4.13. The van der Waals surface area contributed by atoms with Gasteiger partial charge in [0.25, 0.3) is 0 Å². The summed E-state index contributed by atoms with van der Waals surface area (Å²) in [6.07, 6.45) is -0.0740. The molecule has 7 heteroatoms. The van der Waals surface area contributed by atoms with Crippen molar-refractivity contribution < 1.29 is 24.9 Å². The molecule has 0 aromatic heterocycles. The predicted octanol–water partition coefficient (Wildman–Crippen LogP) is 0.132. The fourth-order valence-corrected chi connectivity index (χ4v) is 1.64. The number of carbonyl (C=O) groups is 2. The van der Waals surface area contributed by atoms with Crippen LogP contribution in [0.3, 0.4) is 0 Å². The summed E-state index contributed by atoms with van der Waals surface area (Å²) in [7, 11) is 0. The number of nitrogens with zero attached hydrogens (tertiary/aromatic N) is 1. The molecule has 4 N–H and O–H groups in total. The van der Waals surface area contributed by atoms with Crippen LogP contribution in [0.1, 0.15) is 5.56 Å². The molecule has 1 aromatic carbocycles. The topological polar surface area (TPSA) is 110 Å². The van der Waals surface area contributed by atoms with Crippen molar-refractivity contribution >= 4 is 17.7 Å². The Morgan fingerprint density at radius 2 is 1.60 bits per heavy atom. The lowest BCUT2D eigenvalue weighted by Crippen LogP contribution is -2.38. The molecule has 0 fully saturated rings. The molecular formula is C13H18N2O5. The van der Waals surface area contributed by atoms with Crippen molar-refractivity contribution in [1.82, 2.24) is 4.90 Å². The Bertz CT molecular complexity index is 441. The van der Waals surface area contributed by atoms with Crippen molar-refractivity contribution in [3.05, 3.63) is 29.8 Å². The first-order valence-corrected chi connectivity index (χ1v) is 6.15. The Morgan fingerprint density at radius 3 is 2.05 bits per heavy atom. The van der Waals surface area contributed by atoms with Gasteiger partial charge in [0, 0.05) is 18.8 Å². The van der Waals surface area contributed by atoms with E-state index >= 15 is 0 Å². The number of carboxylic acids is 1. The maximum absolute atomic E-state index is 11.9. The van der Waals surface area contributed by atoms with E-state index in [-0.39, 0.29) is 32.7 Å². The third-order valence-electron chi connectivity index (χ3n) is 2.59. The number of amides is 2. The van der Waals surface area contributed by atoms with Crippen LogP contribution in [0.5, 0.6) is 0 Å². The number of benzene rings is 1. The van der Waals surface area contributed by atoms with E-state index in [9.17, 15) is 9.59 Å².